The van der Waals surface area contributed by atoms with Crippen LogP contribution in [0.4, 0.5) is 0 Å². The summed E-state index contributed by atoms with van der Waals surface area (Å²) in [6.45, 7) is 3.25. The number of carbonyl (C=O) groups excluding carboxylic acids is 2. The maximum absolute atomic E-state index is 11.2. The molecule has 0 saturated heterocycles. The summed E-state index contributed by atoms with van der Waals surface area (Å²) in [4.78, 5) is 22.2. The van der Waals surface area contributed by atoms with Crippen molar-refractivity contribution in [3.05, 3.63) is 24.3 Å². The first-order chi connectivity index (χ1) is 12.9. The molecule has 0 aromatic heterocycles. The topological polar surface area (TPSA) is 93.1 Å². The van der Waals surface area contributed by atoms with Crippen LogP contribution in [0.25, 0.3) is 0 Å². The predicted octanol–water partition coefficient (Wildman–Crippen LogP) is 3.46. The number of hydrogen-bond donors (Lipinski definition) is 2. The molecule has 0 aliphatic rings. The average molecular weight is 385 g/mol. The number of unbranched alkanes of at least 4 members (excludes halogenated alkanes) is 5. The Morgan fingerprint density at radius 1 is 1.00 bits per heavy atom. The lowest BCUT2D eigenvalue weighted by Crippen LogP contribution is -2.39. The van der Waals surface area contributed by atoms with E-state index in [1.54, 1.807) is 6.08 Å². The van der Waals surface area contributed by atoms with Crippen LogP contribution in [0.3, 0.4) is 0 Å². The third kappa shape index (κ3) is 14.1. The van der Waals surface area contributed by atoms with Gasteiger partial charge in [-0.1, -0.05) is 50.5 Å². The van der Waals surface area contributed by atoms with Gasteiger partial charge in [-0.2, -0.15) is 0 Å². The SMILES string of the molecule is CC/C=C\C[C@H](O)[C@@H](OC(C)=O)[C@H](O)/C=C\CCCCCCCC(=O)OC. The minimum absolute atomic E-state index is 0.165. The number of aliphatic hydroxyl groups excluding tert-OH is 2. The lowest BCUT2D eigenvalue weighted by Gasteiger charge is -2.24. The summed E-state index contributed by atoms with van der Waals surface area (Å²) in [6.07, 6.45) is 11.5. The number of esters is 2. The molecule has 0 aliphatic heterocycles. The van der Waals surface area contributed by atoms with Crippen molar-refractivity contribution in [3.63, 3.8) is 0 Å². The molecule has 0 amide bonds. The molecule has 0 saturated carbocycles. The summed E-state index contributed by atoms with van der Waals surface area (Å²) in [6, 6.07) is 0. The van der Waals surface area contributed by atoms with Crippen molar-refractivity contribution in [3.8, 4) is 0 Å². The molecule has 156 valence electrons. The van der Waals surface area contributed by atoms with Gasteiger partial charge in [-0.05, 0) is 32.1 Å². The lowest BCUT2D eigenvalue weighted by molar-refractivity contribution is -0.159. The van der Waals surface area contributed by atoms with Crippen molar-refractivity contribution in [1.82, 2.24) is 0 Å². The highest BCUT2D eigenvalue weighted by Gasteiger charge is 2.27. The van der Waals surface area contributed by atoms with Gasteiger partial charge in [0.1, 0.15) is 6.10 Å². The van der Waals surface area contributed by atoms with Gasteiger partial charge in [0.25, 0.3) is 0 Å². The van der Waals surface area contributed by atoms with Crippen LogP contribution in [0.15, 0.2) is 24.3 Å². The van der Waals surface area contributed by atoms with Gasteiger partial charge in [-0.3, -0.25) is 9.59 Å². The molecule has 0 fully saturated rings. The second-order valence-electron chi connectivity index (χ2n) is 6.56. The molecule has 2 N–H and O–H groups in total. The first-order valence-electron chi connectivity index (χ1n) is 9.84. The Labute approximate surface area is 163 Å². The van der Waals surface area contributed by atoms with E-state index in [2.05, 4.69) is 4.74 Å². The molecule has 0 aromatic rings. The van der Waals surface area contributed by atoms with E-state index in [1.807, 2.05) is 25.2 Å². The van der Waals surface area contributed by atoms with Crippen molar-refractivity contribution in [2.45, 2.75) is 89.9 Å². The van der Waals surface area contributed by atoms with E-state index in [0.717, 1.165) is 44.9 Å². The minimum Gasteiger partial charge on any atom is -0.469 e. The highest BCUT2D eigenvalue weighted by molar-refractivity contribution is 5.69. The molecule has 0 aromatic carbocycles. The van der Waals surface area contributed by atoms with Crippen LogP contribution in [0.2, 0.25) is 0 Å². The Kier molecular flexibility index (Phi) is 15.5. The molecule has 27 heavy (non-hydrogen) atoms. The molecule has 6 nitrogen and oxygen atoms in total. The molecule has 6 heteroatoms. The molecule has 0 radical (unpaired) electrons. The van der Waals surface area contributed by atoms with Gasteiger partial charge in [0.05, 0.1) is 13.2 Å². The zero-order chi connectivity index (χ0) is 20.5. The molecule has 0 spiro atoms. The Balaban J connectivity index is 4.15. The van der Waals surface area contributed by atoms with Crippen LogP contribution in [0.5, 0.6) is 0 Å². The molecule has 0 unspecified atom stereocenters. The molecular formula is C21H36O6. The number of hydrogen-bond acceptors (Lipinski definition) is 6. The predicted molar refractivity (Wildman–Crippen MR) is 105 cm³/mol. The van der Waals surface area contributed by atoms with E-state index in [9.17, 15) is 19.8 Å². The molecular weight excluding hydrogens is 348 g/mol. The van der Waals surface area contributed by atoms with Crippen molar-refractivity contribution in [2.75, 3.05) is 7.11 Å². The summed E-state index contributed by atoms with van der Waals surface area (Å²) >= 11 is 0. The maximum Gasteiger partial charge on any atom is 0.305 e. The standard InChI is InChI=1S/C21H36O6/c1-4-5-11-14-18(23)21(27-17(2)22)19(24)15-12-9-7-6-8-10-13-16-20(25)26-3/h5,11-12,15,18-19,21,23-24H,4,6-10,13-14,16H2,1-3H3/b11-5-,15-12-/t18-,19+,21+/m0/s1. The zero-order valence-electron chi connectivity index (χ0n) is 16.9. The first kappa shape index (κ1) is 25.3. The van der Waals surface area contributed by atoms with Crippen molar-refractivity contribution >= 4 is 11.9 Å². The van der Waals surface area contributed by atoms with Gasteiger partial charge in [0.2, 0.25) is 0 Å². The second kappa shape index (κ2) is 16.5. The third-order valence-electron chi connectivity index (χ3n) is 4.11. The van der Waals surface area contributed by atoms with Crippen molar-refractivity contribution < 1.29 is 29.3 Å². The molecule has 0 aliphatic carbocycles. The molecule has 0 rings (SSSR count). The quantitative estimate of drug-likeness (QED) is 0.255. The smallest absolute Gasteiger partial charge is 0.305 e. The highest BCUT2D eigenvalue weighted by Crippen LogP contribution is 2.13. The normalized spacial score (nSPS) is 15.0. The van der Waals surface area contributed by atoms with Crippen LogP contribution >= 0.6 is 0 Å². The van der Waals surface area contributed by atoms with E-state index >= 15 is 0 Å². The van der Waals surface area contributed by atoms with Gasteiger partial charge in [0, 0.05) is 13.3 Å². The van der Waals surface area contributed by atoms with Gasteiger partial charge in [0.15, 0.2) is 6.10 Å². The lowest BCUT2D eigenvalue weighted by atomic mass is 10.0. The number of methoxy groups -OCH3 is 1. The van der Waals surface area contributed by atoms with E-state index < -0.39 is 24.3 Å². The number of allylic oxidation sites excluding steroid dienone is 2. The molecule has 0 bridgehead atoms. The number of rotatable bonds is 15. The maximum atomic E-state index is 11.2. The van der Waals surface area contributed by atoms with Crippen LogP contribution in [-0.2, 0) is 19.1 Å². The third-order valence-corrected chi connectivity index (χ3v) is 4.11. The Bertz CT molecular complexity index is 458. The van der Waals surface area contributed by atoms with Gasteiger partial charge in [-0.25, -0.2) is 0 Å². The highest BCUT2D eigenvalue weighted by atomic mass is 16.6. The number of carbonyl (C=O) groups is 2. The summed E-state index contributed by atoms with van der Waals surface area (Å²) in [5, 5.41) is 20.4. The number of aliphatic hydroxyl groups is 2. The Hall–Kier alpha value is -1.66. The van der Waals surface area contributed by atoms with E-state index in [0.29, 0.717) is 12.8 Å². The monoisotopic (exact) mass is 384 g/mol. The summed E-state index contributed by atoms with van der Waals surface area (Å²) in [7, 11) is 1.40. The van der Waals surface area contributed by atoms with Crippen molar-refractivity contribution in [2.24, 2.45) is 0 Å². The number of ether oxygens (including phenoxy) is 2. The second-order valence-corrected chi connectivity index (χ2v) is 6.56. The summed E-state index contributed by atoms with van der Waals surface area (Å²) in [5.74, 6) is -0.695. The first-order valence-corrected chi connectivity index (χ1v) is 9.84. The van der Waals surface area contributed by atoms with Crippen LogP contribution in [0.1, 0.15) is 71.6 Å². The van der Waals surface area contributed by atoms with Crippen LogP contribution in [-0.4, -0.2) is 47.6 Å². The van der Waals surface area contributed by atoms with Gasteiger partial charge in [-0.15, -0.1) is 0 Å². The molecule has 3 atom stereocenters. The minimum atomic E-state index is -1.04. The summed E-state index contributed by atoms with van der Waals surface area (Å²) in [5.41, 5.74) is 0. The average Bonchev–Trinajstić information content (AvgIpc) is 2.64. The Morgan fingerprint density at radius 2 is 1.67 bits per heavy atom. The van der Waals surface area contributed by atoms with Gasteiger partial charge < -0.3 is 19.7 Å². The van der Waals surface area contributed by atoms with E-state index in [4.69, 9.17) is 4.74 Å². The Morgan fingerprint density at radius 3 is 2.30 bits per heavy atom. The summed E-state index contributed by atoms with van der Waals surface area (Å²) < 4.78 is 9.69. The fourth-order valence-electron chi connectivity index (χ4n) is 2.61. The fourth-order valence-corrected chi connectivity index (χ4v) is 2.61. The van der Waals surface area contributed by atoms with Gasteiger partial charge >= 0.3 is 11.9 Å². The van der Waals surface area contributed by atoms with Crippen molar-refractivity contribution in [1.29, 1.82) is 0 Å². The van der Waals surface area contributed by atoms with E-state index in [-0.39, 0.29) is 5.97 Å². The van der Waals surface area contributed by atoms with Crippen LogP contribution < -0.4 is 0 Å². The fraction of sp³-hybridized carbons (Fsp3) is 0.714. The largest absolute Gasteiger partial charge is 0.469 e. The van der Waals surface area contributed by atoms with E-state index in [1.165, 1.54) is 14.0 Å². The molecule has 0 heterocycles. The van der Waals surface area contributed by atoms with Crippen LogP contribution in [0, 0.1) is 0 Å². The zero-order valence-corrected chi connectivity index (χ0v) is 16.9.